The van der Waals surface area contributed by atoms with Crippen LogP contribution >= 0.6 is 23.2 Å². The van der Waals surface area contributed by atoms with Gasteiger partial charge in [0, 0.05) is 10.0 Å². The molecule has 1 aromatic carbocycles. The summed E-state index contributed by atoms with van der Waals surface area (Å²) in [6, 6.07) is 4.80. The number of hydrogen-bond donors (Lipinski definition) is 1. The number of carbonyl (C=O) groups excluding carboxylic acids is 2. The Morgan fingerprint density at radius 1 is 1.27 bits per heavy atom. The highest BCUT2D eigenvalue weighted by Crippen LogP contribution is 2.28. The van der Waals surface area contributed by atoms with Gasteiger partial charge in [0.05, 0.1) is 12.0 Å². The summed E-state index contributed by atoms with van der Waals surface area (Å²) < 4.78 is 5.20. The topological polar surface area (TPSA) is 55.4 Å². The van der Waals surface area contributed by atoms with Gasteiger partial charge in [0.15, 0.2) is 6.10 Å². The first kappa shape index (κ1) is 17.1. The van der Waals surface area contributed by atoms with Gasteiger partial charge < -0.3 is 10.1 Å². The van der Waals surface area contributed by atoms with Crippen molar-refractivity contribution in [1.82, 2.24) is 5.32 Å². The molecule has 4 nitrogen and oxygen atoms in total. The number of esters is 1. The van der Waals surface area contributed by atoms with Crippen molar-refractivity contribution in [2.24, 2.45) is 5.92 Å². The molecular formula is C16H19Cl2NO3. The lowest BCUT2D eigenvalue weighted by atomic mass is 9.86. The average molecular weight is 344 g/mol. The first-order valence-electron chi connectivity index (χ1n) is 7.34. The summed E-state index contributed by atoms with van der Waals surface area (Å²) in [4.78, 5) is 23.9. The molecule has 1 aliphatic carbocycles. The minimum Gasteiger partial charge on any atom is -0.452 e. The van der Waals surface area contributed by atoms with E-state index >= 15 is 0 Å². The third-order valence-electron chi connectivity index (χ3n) is 3.89. The summed E-state index contributed by atoms with van der Waals surface area (Å²) in [7, 11) is 0. The van der Waals surface area contributed by atoms with Crippen molar-refractivity contribution in [3.8, 4) is 0 Å². The predicted octanol–water partition coefficient (Wildman–Crippen LogP) is 3.90. The van der Waals surface area contributed by atoms with Gasteiger partial charge in [-0.25, -0.2) is 0 Å². The van der Waals surface area contributed by atoms with E-state index in [0.29, 0.717) is 10.0 Å². The Balaban J connectivity index is 1.90. The van der Waals surface area contributed by atoms with E-state index in [9.17, 15) is 9.59 Å². The van der Waals surface area contributed by atoms with Gasteiger partial charge in [0.25, 0.3) is 5.91 Å². The summed E-state index contributed by atoms with van der Waals surface area (Å²) in [5.41, 5.74) is 0.761. The standard InChI is InChI=1S/C16H19Cl2NO3/c1-9(13-7-6-12(17)8-14(13)18)19-15(20)10(2)22-16(21)11-4-3-5-11/h6-11H,3-5H2,1-2H3,(H,19,20)/t9-,10+/m0/s1. The largest absolute Gasteiger partial charge is 0.452 e. The van der Waals surface area contributed by atoms with Crippen LogP contribution in [0, 0.1) is 5.92 Å². The Hall–Kier alpha value is -1.26. The van der Waals surface area contributed by atoms with E-state index in [1.54, 1.807) is 25.1 Å². The quantitative estimate of drug-likeness (QED) is 0.824. The van der Waals surface area contributed by atoms with E-state index < -0.39 is 6.10 Å². The van der Waals surface area contributed by atoms with Crippen LogP contribution in [0.25, 0.3) is 0 Å². The fourth-order valence-corrected chi connectivity index (χ4v) is 2.80. The minimum absolute atomic E-state index is 0.0432. The number of rotatable bonds is 5. The second-order valence-electron chi connectivity index (χ2n) is 5.60. The second kappa shape index (κ2) is 7.34. The number of benzene rings is 1. The highest BCUT2D eigenvalue weighted by molar-refractivity contribution is 6.35. The average Bonchev–Trinajstić information content (AvgIpc) is 2.35. The highest BCUT2D eigenvalue weighted by atomic mass is 35.5. The summed E-state index contributed by atoms with van der Waals surface area (Å²) in [6.45, 7) is 3.38. The number of hydrogen-bond acceptors (Lipinski definition) is 3. The molecule has 0 saturated heterocycles. The highest BCUT2D eigenvalue weighted by Gasteiger charge is 2.29. The van der Waals surface area contributed by atoms with Crippen molar-refractivity contribution in [2.75, 3.05) is 0 Å². The van der Waals surface area contributed by atoms with E-state index in [2.05, 4.69) is 5.32 Å². The van der Waals surface area contributed by atoms with Crippen molar-refractivity contribution in [2.45, 2.75) is 45.3 Å². The lowest BCUT2D eigenvalue weighted by Gasteiger charge is -2.25. The smallest absolute Gasteiger partial charge is 0.309 e. The van der Waals surface area contributed by atoms with E-state index in [1.807, 2.05) is 6.92 Å². The molecule has 1 aliphatic rings. The number of ether oxygens (including phenoxy) is 1. The number of carbonyl (C=O) groups is 2. The molecule has 6 heteroatoms. The Bertz CT molecular complexity index is 573. The fourth-order valence-electron chi connectivity index (χ4n) is 2.23. The van der Waals surface area contributed by atoms with Crippen molar-refractivity contribution in [1.29, 1.82) is 0 Å². The number of halogens is 2. The first-order chi connectivity index (χ1) is 10.4. The predicted molar refractivity (Wildman–Crippen MR) is 85.9 cm³/mol. The SMILES string of the molecule is C[C@H](NC(=O)[C@@H](C)OC(=O)C1CCC1)c1ccc(Cl)cc1Cl. The molecule has 1 aromatic rings. The normalized spacial score (nSPS) is 17.3. The third kappa shape index (κ3) is 4.14. The molecule has 1 amide bonds. The van der Waals surface area contributed by atoms with Gasteiger partial charge >= 0.3 is 5.97 Å². The fraction of sp³-hybridized carbons (Fsp3) is 0.500. The first-order valence-corrected chi connectivity index (χ1v) is 8.10. The van der Waals surface area contributed by atoms with Crippen LogP contribution in [0.5, 0.6) is 0 Å². The van der Waals surface area contributed by atoms with Crippen molar-refractivity contribution in [3.05, 3.63) is 33.8 Å². The maximum atomic E-state index is 12.1. The van der Waals surface area contributed by atoms with Crippen LogP contribution in [-0.4, -0.2) is 18.0 Å². The molecule has 0 bridgehead atoms. The van der Waals surface area contributed by atoms with Crippen LogP contribution in [0.15, 0.2) is 18.2 Å². The monoisotopic (exact) mass is 343 g/mol. The zero-order valence-electron chi connectivity index (χ0n) is 12.6. The van der Waals surface area contributed by atoms with Crippen LogP contribution in [-0.2, 0) is 14.3 Å². The maximum absolute atomic E-state index is 12.1. The Labute approximate surface area is 140 Å². The van der Waals surface area contributed by atoms with Gasteiger partial charge in [-0.3, -0.25) is 9.59 Å². The summed E-state index contributed by atoms with van der Waals surface area (Å²) >= 11 is 12.0. The molecule has 0 unspecified atom stereocenters. The Morgan fingerprint density at radius 3 is 2.50 bits per heavy atom. The van der Waals surface area contributed by atoms with Crippen molar-refractivity contribution in [3.63, 3.8) is 0 Å². The molecule has 2 atom stereocenters. The molecular weight excluding hydrogens is 325 g/mol. The van der Waals surface area contributed by atoms with Crippen molar-refractivity contribution >= 4 is 35.1 Å². The van der Waals surface area contributed by atoms with Gasteiger partial charge in [0.1, 0.15) is 0 Å². The molecule has 0 radical (unpaired) electrons. The lowest BCUT2D eigenvalue weighted by Crippen LogP contribution is -2.39. The molecule has 2 rings (SSSR count). The van der Waals surface area contributed by atoms with Gasteiger partial charge in [-0.2, -0.15) is 0 Å². The molecule has 0 aromatic heterocycles. The molecule has 0 aliphatic heterocycles. The lowest BCUT2D eigenvalue weighted by molar-refractivity contribution is -0.161. The molecule has 1 saturated carbocycles. The third-order valence-corrected chi connectivity index (χ3v) is 4.45. The Kier molecular flexibility index (Phi) is 5.70. The summed E-state index contributed by atoms with van der Waals surface area (Å²) in [5.74, 6) is -0.671. The van der Waals surface area contributed by atoms with Gasteiger partial charge in [-0.15, -0.1) is 0 Å². The van der Waals surface area contributed by atoms with E-state index in [1.165, 1.54) is 0 Å². The summed E-state index contributed by atoms with van der Waals surface area (Å²) in [5, 5.41) is 3.82. The van der Waals surface area contributed by atoms with Crippen LogP contribution < -0.4 is 5.32 Å². The maximum Gasteiger partial charge on any atom is 0.309 e. The second-order valence-corrected chi connectivity index (χ2v) is 6.45. The van der Waals surface area contributed by atoms with Gasteiger partial charge in [0.2, 0.25) is 0 Å². The van der Waals surface area contributed by atoms with E-state index in [4.69, 9.17) is 27.9 Å². The van der Waals surface area contributed by atoms with Crippen LogP contribution in [0.4, 0.5) is 0 Å². The molecule has 0 heterocycles. The molecule has 1 N–H and O–H groups in total. The molecule has 0 spiro atoms. The molecule has 120 valence electrons. The Morgan fingerprint density at radius 2 is 1.95 bits per heavy atom. The zero-order chi connectivity index (χ0) is 16.3. The molecule has 22 heavy (non-hydrogen) atoms. The summed E-state index contributed by atoms with van der Waals surface area (Å²) in [6.07, 6.45) is 1.93. The van der Waals surface area contributed by atoms with Crippen molar-refractivity contribution < 1.29 is 14.3 Å². The molecule has 1 fully saturated rings. The van der Waals surface area contributed by atoms with Crippen LogP contribution in [0.1, 0.15) is 44.7 Å². The minimum atomic E-state index is -0.818. The van der Waals surface area contributed by atoms with Crippen LogP contribution in [0.3, 0.4) is 0 Å². The van der Waals surface area contributed by atoms with Crippen LogP contribution in [0.2, 0.25) is 10.0 Å². The number of nitrogens with one attached hydrogen (secondary N) is 1. The zero-order valence-corrected chi connectivity index (χ0v) is 14.1. The number of amides is 1. The van der Waals surface area contributed by atoms with Gasteiger partial charge in [-0.1, -0.05) is 35.7 Å². The van der Waals surface area contributed by atoms with E-state index in [0.717, 1.165) is 24.8 Å². The van der Waals surface area contributed by atoms with Gasteiger partial charge in [-0.05, 0) is 44.4 Å². The van der Waals surface area contributed by atoms with E-state index in [-0.39, 0.29) is 23.8 Å².